The second-order valence-electron chi connectivity index (χ2n) is 9.07. The summed E-state index contributed by atoms with van der Waals surface area (Å²) >= 11 is 0. The minimum atomic E-state index is -4.39. The van der Waals surface area contributed by atoms with E-state index in [1.165, 1.54) is 0 Å². The first kappa shape index (κ1) is 23.0. The highest BCUT2D eigenvalue weighted by Gasteiger charge is 2.31. The van der Waals surface area contributed by atoms with Crippen LogP contribution in [0.15, 0.2) is 109 Å². The van der Waals surface area contributed by atoms with Crippen LogP contribution in [0.1, 0.15) is 33.7 Å². The summed E-state index contributed by atoms with van der Waals surface area (Å²) in [7, 11) is 0. The quantitative estimate of drug-likeness (QED) is 0.239. The number of para-hydroxylation sites is 1. The lowest BCUT2D eigenvalue weighted by molar-refractivity contribution is -0.137. The molecule has 2 heterocycles. The standard InChI is InChI=1S/C31H23F3N2O/c32-31(33,34)22-12-10-21(11-13-22)30(26-17-35-28-9-5-4-8-24(26)28)27-18-36-29-15-14-23(16-25(27)29)37-19-20-6-2-1-3-7-20/h1-18,30,35-36H,19H2. The van der Waals surface area contributed by atoms with Crippen molar-refractivity contribution >= 4 is 21.8 Å². The van der Waals surface area contributed by atoms with Crippen LogP contribution in [-0.4, -0.2) is 9.97 Å². The number of hydrogen-bond acceptors (Lipinski definition) is 1. The predicted octanol–water partition coefficient (Wildman–Crippen LogP) is 8.43. The molecule has 0 spiro atoms. The molecule has 0 aliphatic rings. The smallest absolute Gasteiger partial charge is 0.416 e. The zero-order valence-corrected chi connectivity index (χ0v) is 19.7. The molecule has 0 saturated heterocycles. The third-order valence-corrected chi connectivity index (χ3v) is 6.75. The number of alkyl halides is 3. The monoisotopic (exact) mass is 496 g/mol. The highest BCUT2D eigenvalue weighted by Crippen LogP contribution is 2.41. The maximum atomic E-state index is 13.3. The van der Waals surface area contributed by atoms with Crippen molar-refractivity contribution in [2.75, 3.05) is 0 Å². The third kappa shape index (κ3) is 4.47. The zero-order chi connectivity index (χ0) is 25.4. The SMILES string of the molecule is FC(F)(F)c1ccc(C(c2c[nH]c3ccccc23)c2c[nH]c3ccc(OCc4ccccc4)cc23)cc1. The van der Waals surface area contributed by atoms with Crippen LogP contribution in [-0.2, 0) is 12.8 Å². The Bertz CT molecular complexity index is 1660. The van der Waals surface area contributed by atoms with E-state index in [2.05, 4.69) is 9.97 Å². The minimum absolute atomic E-state index is 0.295. The van der Waals surface area contributed by atoms with Gasteiger partial charge in [-0.25, -0.2) is 0 Å². The number of halogens is 3. The van der Waals surface area contributed by atoms with E-state index in [1.54, 1.807) is 12.1 Å². The summed E-state index contributed by atoms with van der Waals surface area (Å²) in [5.41, 5.74) is 5.04. The largest absolute Gasteiger partial charge is 0.489 e. The maximum absolute atomic E-state index is 13.3. The number of nitrogens with one attached hydrogen (secondary N) is 2. The Morgan fingerprint density at radius 3 is 2.05 bits per heavy atom. The molecule has 1 atom stereocenters. The Morgan fingerprint density at radius 1 is 0.676 bits per heavy atom. The summed E-state index contributed by atoms with van der Waals surface area (Å²) < 4.78 is 46.0. The fraction of sp³-hybridized carbons (Fsp3) is 0.0968. The van der Waals surface area contributed by atoms with Crippen molar-refractivity contribution < 1.29 is 17.9 Å². The number of aromatic nitrogens is 2. The van der Waals surface area contributed by atoms with Gasteiger partial charge in [-0.1, -0.05) is 60.7 Å². The summed E-state index contributed by atoms with van der Waals surface area (Å²) in [5, 5.41) is 1.99. The molecule has 0 fully saturated rings. The Hall–Kier alpha value is -4.45. The fourth-order valence-corrected chi connectivity index (χ4v) is 4.91. The van der Waals surface area contributed by atoms with Crippen molar-refractivity contribution in [3.8, 4) is 5.75 Å². The van der Waals surface area contributed by atoms with Gasteiger partial charge in [0, 0.05) is 40.1 Å². The van der Waals surface area contributed by atoms with E-state index in [4.69, 9.17) is 4.74 Å². The van der Waals surface area contributed by atoms with Gasteiger partial charge >= 0.3 is 6.18 Å². The highest BCUT2D eigenvalue weighted by atomic mass is 19.4. The summed E-state index contributed by atoms with van der Waals surface area (Å²) in [6.45, 7) is 0.441. The molecule has 6 aromatic rings. The van der Waals surface area contributed by atoms with Crippen LogP contribution in [0.4, 0.5) is 13.2 Å². The molecule has 0 bridgehead atoms. The van der Waals surface area contributed by atoms with Gasteiger partial charge in [0.25, 0.3) is 0 Å². The van der Waals surface area contributed by atoms with E-state index in [0.717, 1.165) is 61.9 Å². The number of fused-ring (bicyclic) bond motifs is 2. The number of H-pyrrole nitrogens is 2. The lowest BCUT2D eigenvalue weighted by Gasteiger charge is -2.18. The van der Waals surface area contributed by atoms with Crippen molar-refractivity contribution in [1.29, 1.82) is 0 Å². The van der Waals surface area contributed by atoms with Gasteiger partial charge in [-0.3, -0.25) is 0 Å². The van der Waals surface area contributed by atoms with Gasteiger partial charge in [0.15, 0.2) is 0 Å². The summed E-state index contributed by atoms with van der Waals surface area (Å²) in [4.78, 5) is 6.66. The molecule has 0 radical (unpaired) electrons. The molecular formula is C31H23F3N2O. The summed E-state index contributed by atoms with van der Waals surface area (Å²) in [6.07, 6.45) is -0.502. The van der Waals surface area contributed by atoms with Crippen LogP contribution in [0.5, 0.6) is 5.75 Å². The van der Waals surface area contributed by atoms with Gasteiger partial charge in [-0.15, -0.1) is 0 Å². The van der Waals surface area contributed by atoms with E-state index >= 15 is 0 Å². The number of benzene rings is 4. The molecule has 3 nitrogen and oxygen atoms in total. The van der Waals surface area contributed by atoms with Crippen LogP contribution in [0.2, 0.25) is 0 Å². The Kier molecular flexibility index (Phi) is 5.72. The van der Waals surface area contributed by atoms with Gasteiger partial charge in [-0.05, 0) is 58.7 Å². The molecule has 4 aromatic carbocycles. The fourth-order valence-electron chi connectivity index (χ4n) is 4.91. The molecule has 0 aliphatic heterocycles. The van der Waals surface area contributed by atoms with Crippen molar-refractivity contribution in [2.24, 2.45) is 0 Å². The summed E-state index contributed by atoms with van der Waals surface area (Å²) in [6, 6.07) is 29.2. The molecule has 6 heteroatoms. The molecule has 2 N–H and O–H groups in total. The molecule has 184 valence electrons. The van der Waals surface area contributed by atoms with Crippen LogP contribution in [0, 0.1) is 0 Å². The molecule has 37 heavy (non-hydrogen) atoms. The van der Waals surface area contributed by atoms with Crippen molar-refractivity contribution in [3.05, 3.63) is 137 Å². The van der Waals surface area contributed by atoms with E-state index in [-0.39, 0.29) is 5.92 Å². The first-order valence-electron chi connectivity index (χ1n) is 12.0. The average Bonchev–Trinajstić information content (AvgIpc) is 3.53. The molecule has 0 amide bonds. The Morgan fingerprint density at radius 2 is 1.32 bits per heavy atom. The Balaban J connectivity index is 1.45. The maximum Gasteiger partial charge on any atom is 0.416 e. The van der Waals surface area contributed by atoms with Gasteiger partial charge in [0.2, 0.25) is 0 Å². The van der Waals surface area contributed by atoms with Gasteiger partial charge in [0.05, 0.1) is 5.56 Å². The van der Waals surface area contributed by atoms with E-state index in [9.17, 15) is 13.2 Å². The molecule has 6 rings (SSSR count). The average molecular weight is 497 g/mol. The molecular weight excluding hydrogens is 473 g/mol. The molecule has 2 aromatic heterocycles. The first-order chi connectivity index (χ1) is 18.0. The number of ether oxygens (including phenoxy) is 1. The molecule has 0 aliphatic carbocycles. The first-order valence-corrected chi connectivity index (χ1v) is 12.0. The topological polar surface area (TPSA) is 40.8 Å². The van der Waals surface area contributed by atoms with E-state index in [1.807, 2.05) is 85.2 Å². The number of aromatic amines is 2. The van der Waals surface area contributed by atoms with E-state index < -0.39 is 11.7 Å². The van der Waals surface area contributed by atoms with Crippen LogP contribution >= 0.6 is 0 Å². The Labute approximate surface area is 211 Å². The normalized spacial score (nSPS) is 12.7. The second-order valence-corrected chi connectivity index (χ2v) is 9.07. The summed E-state index contributed by atoms with van der Waals surface area (Å²) in [5.74, 6) is 0.429. The molecule has 0 saturated carbocycles. The third-order valence-electron chi connectivity index (χ3n) is 6.75. The highest BCUT2D eigenvalue weighted by molar-refractivity contribution is 5.89. The van der Waals surface area contributed by atoms with Crippen molar-refractivity contribution in [3.63, 3.8) is 0 Å². The van der Waals surface area contributed by atoms with Gasteiger partial charge < -0.3 is 14.7 Å². The zero-order valence-electron chi connectivity index (χ0n) is 19.7. The minimum Gasteiger partial charge on any atom is -0.489 e. The van der Waals surface area contributed by atoms with Gasteiger partial charge in [-0.2, -0.15) is 13.2 Å². The van der Waals surface area contributed by atoms with Crippen LogP contribution in [0.25, 0.3) is 21.8 Å². The number of rotatable bonds is 6. The van der Waals surface area contributed by atoms with E-state index in [0.29, 0.717) is 6.61 Å². The van der Waals surface area contributed by atoms with Crippen molar-refractivity contribution in [2.45, 2.75) is 18.7 Å². The number of hydrogen-bond donors (Lipinski definition) is 2. The van der Waals surface area contributed by atoms with Gasteiger partial charge in [0.1, 0.15) is 12.4 Å². The second kappa shape index (κ2) is 9.21. The molecule has 1 unspecified atom stereocenters. The van der Waals surface area contributed by atoms with Crippen molar-refractivity contribution in [1.82, 2.24) is 9.97 Å². The van der Waals surface area contributed by atoms with Crippen LogP contribution in [0.3, 0.4) is 0 Å². The predicted molar refractivity (Wildman–Crippen MR) is 140 cm³/mol. The lowest BCUT2D eigenvalue weighted by atomic mass is 9.84. The lowest BCUT2D eigenvalue weighted by Crippen LogP contribution is -2.07. The van der Waals surface area contributed by atoms with Crippen LogP contribution < -0.4 is 4.74 Å².